The second-order valence-electron chi connectivity index (χ2n) is 7.42. The van der Waals surface area contributed by atoms with Crippen LogP contribution in [0.3, 0.4) is 0 Å². The number of sulfone groups is 1. The number of hydrogen-bond donors (Lipinski definition) is 1. The minimum absolute atomic E-state index is 0.123. The highest BCUT2D eigenvalue weighted by Crippen LogP contribution is 2.36. The van der Waals surface area contributed by atoms with Crippen LogP contribution in [0.1, 0.15) is 18.1 Å². The van der Waals surface area contributed by atoms with Crippen LogP contribution in [0, 0.1) is 13.8 Å². The van der Waals surface area contributed by atoms with Gasteiger partial charge in [0.2, 0.25) is 9.84 Å². The molecule has 0 saturated carbocycles. The molecule has 0 saturated heterocycles. The molecule has 31 heavy (non-hydrogen) atoms. The van der Waals surface area contributed by atoms with Crippen molar-refractivity contribution in [1.29, 1.82) is 0 Å². The molecule has 0 aliphatic carbocycles. The van der Waals surface area contributed by atoms with E-state index in [1.807, 2.05) is 63.2 Å². The van der Waals surface area contributed by atoms with Crippen LogP contribution >= 0.6 is 0 Å². The molecule has 1 N–H and O–H groups in total. The number of nitrogens with zero attached hydrogens (tertiary/aromatic N) is 1. The first-order valence-electron chi connectivity index (χ1n) is 10.1. The topological polar surface area (TPSA) is 68.3 Å². The van der Waals surface area contributed by atoms with E-state index in [1.165, 1.54) is 6.20 Å². The zero-order chi connectivity index (χ0) is 22.0. The standard InChI is InChI=1S/C25H24N2O3S/c1-4-30-20-11-14-23-22(15-20)25(27-19-9-5-17(2)6-10-19)24(16-26-23)31(28,29)21-12-7-18(3)8-13-21/h5-16H,4H2,1-3H3,(H,26,27). The number of pyridine rings is 1. The number of benzene rings is 3. The van der Waals surface area contributed by atoms with Crippen LogP contribution in [0.4, 0.5) is 11.4 Å². The Labute approximate surface area is 182 Å². The Morgan fingerprint density at radius 1 is 0.903 bits per heavy atom. The van der Waals surface area contributed by atoms with Crippen molar-refractivity contribution in [1.82, 2.24) is 4.98 Å². The second-order valence-corrected chi connectivity index (χ2v) is 9.34. The van der Waals surface area contributed by atoms with Gasteiger partial charge >= 0.3 is 0 Å². The molecule has 1 heterocycles. The van der Waals surface area contributed by atoms with E-state index >= 15 is 0 Å². The number of fused-ring (bicyclic) bond motifs is 1. The molecule has 4 aromatic rings. The van der Waals surface area contributed by atoms with Gasteiger partial charge in [-0.05, 0) is 63.2 Å². The number of aromatic nitrogens is 1. The van der Waals surface area contributed by atoms with Crippen molar-refractivity contribution in [2.24, 2.45) is 0 Å². The van der Waals surface area contributed by atoms with Crippen LogP contribution in [0.25, 0.3) is 10.9 Å². The molecule has 158 valence electrons. The normalized spacial score (nSPS) is 11.5. The van der Waals surface area contributed by atoms with E-state index in [0.29, 0.717) is 28.9 Å². The summed E-state index contributed by atoms with van der Waals surface area (Å²) in [5.74, 6) is 0.661. The minimum Gasteiger partial charge on any atom is -0.494 e. The van der Waals surface area contributed by atoms with Crippen LogP contribution < -0.4 is 10.1 Å². The molecule has 0 unspecified atom stereocenters. The Morgan fingerprint density at radius 2 is 1.55 bits per heavy atom. The van der Waals surface area contributed by atoms with Crippen LogP contribution in [-0.4, -0.2) is 20.0 Å². The minimum atomic E-state index is -3.80. The SMILES string of the molecule is CCOc1ccc2ncc(S(=O)(=O)c3ccc(C)cc3)c(Nc3ccc(C)cc3)c2c1. The number of nitrogens with one attached hydrogen (secondary N) is 1. The summed E-state index contributed by atoms with van der Waals surface area (Å²) in [5, 5.41) is 4.00. The van der Waals surface area contributed by atoms with E-state index in [4.69, 9.17) is 4.74 Å². The molecule has 0 atom stereocenters. The Bertz CT molecular complexity index is 1330. The van der Waals surface area contributed by atoms with Crippen molar-refractivity contribution in [3.8, 4) is 5.75 Å². The quantitative estimate of drug-likeness (QED) is 0.415. The third-order valence-electron chi connectivity index (χ3n) is 5.06. The van der Waals surface area contributed by atoms with Gasteiger partial charge in [0, 0.05) is 17.3 Å². The van der Waals surface area contributed by atoms with E-state index in [9.17, 15) is 8.42 Å². The van der Waals surface area contributed by atoms with Gasteiger partial charge in [-0.1, -0.05) is 35.4 Å². The third kappa shape index (κ3) is 4.25. The molecule has 6 heteroatoms. The van der Waals surface area contributed by atoms with Gasteiger partial charge in [-0.3, -0.25) is 4.98 Å². The van der Waals surface area contributed by atoms with Crippen molar-refractivity contribution in [3.05, 3.63) is 84.1 Å². The van der Waals surface area contributed by atoms with Gasteiger partial charge in [-0.2, -0.15) is 0 Å². The van der Waals surface area contributed by atoms with E-state index < -0.39 is 9.84 Å². The van der Waals surface area contributed by atoms with E-state index in [0.717, 1.165) is 16.8 Å². The first-order valence-corrected chi connectivity index (χ1v) is 11.6. The fourth-order valence-electron chi connectivity index (χ4n) is 3.37. The van der Waals surface area contributed by atoms with Crippen molar-refractivity contribution >= 4 is 32.1 Å². The smallest absolute Gasteiger partial charge is 0.210 e. The fraction of sp³-hybridized carbons (Fsp3) is 0.160. The maximum Gasteiger partial charge on any atom is 0.210 e. The third-order valence-corrected chi connectivity index (χ3v) is 6.84. The summed E-state index contributed by atoms with van der Waals surface area (Å²) in [6, 6.07) is 20.1. The van der Waals surface area contributed by atoms with Crippen LogP contribution in [0.15, 0.2) is 82.7 Å². The number of ether oxygens (including phenoxy) is 1. The van der Waals surface area contributed by atoms with E-state index in [2.05, 4.69) is 10.3 Å². The van der Waals surface area contributed by atoms with Crippen molar-refractivity contribution in [2.45, 2.75) is 30.6 Å². The summed E-state index contributed by atoms with van der Waals surface area (Å²) in [7, 11) is -3.80. The highest BCUT2D eigenvalue weighted by molar-refractivity contribution is 7.91. The lowest BCUT2D eigenvalue weighted by Gasteiger charge is -2.16. The predicted molar refractivity (Wildman–Crippen MR) is 124 cm³/mol. The Kier molecular flexibility index (Phi) is 5.65. The molecule has 0 spiro atoms. The van der Waals surface area contributed by atoms with Gasteiger partial charge in [0.25, 0.3) is 0 Å². The lowest BCUT2D eigenvalue weighted by atomic mass is 10.1. The number of aryl methyl sites for hydroxylation is 2. The highest BCUT2D eigenvalue weighted by atomic mass is 32.2. The lowest BCUT2D eigenvalue weighted by Crippen LogP contribution is -2.07. The van der Waals surface area contributed by atoms with E-state index in [1.54, 1.807) is 24.3 Å². The summed E-state index contributed by atoms with van der Waals surface area (Å²) >= 11 is 0. The molecule has 0 fully saturated rings. The predicted octanol–water partition coefficient (Wildman–Crippen LogP) is 5.83. The van der Waals surface area contributed by atoms with Crippen molar-refractivity contribution in [3.63, 3.8) is 0 Å². The molecule has 4 rings (SSSR count). The van der Waals surface area contributed by atoms with Crippen LogP contribution in [0.5, 0.6) is 5.75 Å². The summed E-state index contributed by atoms with van der Waals surface area (Å²) in [5.41, 5.74) is 4.07. The average Bonchev–Trinajstić information content (AvgIpc) is 2.76. The number of anilines is 2. The largest absolute Gasteiger partial charge is 0.494 e. The second kappa shape index (κ2) is 8.40. The molecule has 0 aliphatic rings. The Hall–Kier alpha value is -3.38. The molecule has 0 amide bonds. The highest BCUT2D eigenvalue weighted by Gasteiger charge is 2.24. The Balaban J connectivity index is 1.95. The molecule has 5 nitrogen and oxygen atoms in total. The van der Waals surface area contributed by atoms with Crippen LogP contribution in [-0.2, 0) is 9.84 Å². The van der Waals surface area contributed by atoms with Gasteiger partial charge < -0.3 is 10.1 Å². The molecule has 0 aliphatic heterocycles. The fourth-order valence-corrected chi connectivity index (χ4v) is 4.74. The summed E-state index contributed by atoms with van der Waals surface area (Å²) < 4.78 is 32.8. The maximum absolute atomic E-state index is 13.6. The summed E-state index contributed by atoms with van der Waals surface area (Å²) in [4.78, 5) is 4.79. The zero-order valence-electron chi connectivity index (χ0n) is 17.7. The molecule has 0 radical (unpaired) electrons. The lowest BCUT2D eigenvalue weighted by molar-refractivity contribution is 0.340. The molecule has 1 aromatic heterocycles. The molecule has 0 bridgehead atoms. The first kappa shape index (κ1) is 20.9. The van der Waals surface area contributed by atoms with Gasteiger partial charge in [-0.15, -0.1) is 0 Å². The van der Waals surface area contributed by atoms with Gasteiger partial charge in [0.05, 0.1) is 22.7 Å². The molecular formula is C25H24N2O3S. The maximum atomic E-state index is 13.6. The number of rotatable bonds is 6. The van der Waals surface area contributed by atoms with Crippen molar-refractivity contribution < 1.29 is 13.2 Å². The van der Waals surface area contributed by atoms with E-state index in [-0.39, 0.29) is 9.79 Å². The van der Waals surface area contributed by atoms with Gasteiger partial charge in [0.1, 0.15) is 10.6 Å². The first-order chi connectivity index (χ1) is 14.9. The Morgan fingerprint density at radius 3 is 2.19 bits per heavy atom. The van der Waals surface area contributed by atoms with Gasteiger partial charge in [0.15, 0.2) is 0 Å². The summed E-state index contributed by atoms with van der Waals surface area (Å²) in [6.07, 6.45) is 1.42. The molecule has 3 aromatic carbocycles. The number of hydrogen-bond acceptors (Lipinski definition) is 5. The zero-order valence-corrected chi connectivity index (χ0v) is 18.5. The summed E-state index contributed by atoms with van der Waals surface area (Å²) in [6.45, 7) is 6.36. The molecular weight excluding hydrogens is 408 g/mol. The van der Waals surface area contributed by atoms with Crippen molar-refractivity contribution in [2.75, 3.05) is 11.9 Å². The monoisotopic (exact) mass is 432 g/mol. The average molecular weight is 433 g/mol. The van der Waals surface area contributed by atoms with Crippen LogP contribution in [0.2, 0.25) is 0 Å². The van der Waals surface area contributed by atoms with Gasteiger partial charge in [-0.25, -0.2) is 8.42 Å².